The van der Waals surface area contributed by atoms with Crippen LogP contribution in [0.5, 0.6) is 0 Å². The van der Waals surface area contributed by atoms with Crippen molar-refractivity contribution >= 4 is 39.3 Å². The highest BCUT2D eigenvalue weighted by atomic mass is 79.9. The molecule has 17 heavy (non-hydrogen) atoms. The van der Waals surface area contributed by atoms with Crippen LogP contribution in [-0.2, 0) is 4.79 Å². The molecule has 5 heteroatoms. The standard InChI is InChI=1S/C12H15BrN2OS/c1-3-4-17-10-6-9-7(5-8(10)13)11(14-2)12(16)15-9/h5-6,11,14H,3-4H2,1-2H3,(H,15,16). The van der Waals surface area contributed by atoms with E-state index in [0.29, 0.717) is 0 Å². The second-order valence-electron chi connectivity index (χ2n) is 3.93. The first kappa shape index (κ1) is 12.9. The van der Waals surface area contributed by atoms with E-state index < -0.39 is 0 Å². The predicted octanol–water partition coefficient (Wildman–Crippen LogP) is 3.16. The van der Waals surface area contributed by atoms with Crippen molar-refractivity contribution in [2.24, 2.45) is 0 Å². The molecule has 2 rings (SSSR count). The summed E-state index contributed by atoms with van der Waals surface area (Å²) in [5.74, 6) is 1.10. The first-order chi connectivity index (χ1) is 8.17. The monoisotopic (exact) mass is 314 g/mol. The molecular weight excluding hydrogens is 300 g/mol. The summed E-state index contributed by atoms with van der Waals surface area (Å²) in [6, 6.07) is 3.85. The van der Waals surface area contributed by atoms with Gasteiger partial charge in [-0.05, 0) is 47.3 Å². The van der Waals surface area contributed by atoms with Gasteiger partial charge in [-0.2, -0.15) is 0 Å². The van der Waals surface area contributed by atoms with E-state index in [0.717, 1.165) is 27.9 Å². The molecule has 3 nitrogen and oxygen atoms in total. The number of carbonyl (C=O) groups is 1. The van der Waals surface area contributed by atoms with Gasteiger partial charge in [-0.15, -0.1) is 11.8 Å². The zero-order chi connectivity index (χ0) is 12.4. The zero-order valence-corrected chi connectivity index (χ0v) is 12.2. The number of rotatable bonds is 4. The minimum absolute atomic E-state index is 0.0204. The summed E-state index contributed by atoms with van der Waals surface area (Å²) < 4.78 is 1.06. The minimum Gasteiger partial charge on any atom is -0.324 e. The molecule has 2 N–H and O–H groups in total. The van der Waals surface area contributed by atoms with Gasteiger partial charge in [0.2, 0.25) is 5.91 Å². The Morgan fingerprint density at radius 3 is 2.94 bits per heavy atom. The molecule has 1 aromatic rings. The number of hydrogen-bond donors (Lipinski definition) is 2. The molecule has 1 amide bonds. The highest BCUT2D eigenvalue weighted by Gasteiger charge is 2.29. The van der Waals surface area contributed by atoms with E-state index in [1.54, 1.807) is 18.8 Å². The fraction of sp³-hybridized carbons (Fsp3) is 0.417. The molecule has 1 atom stereocenters. The van der Waals surface area contributed by atoms with Crippen LogP contribution in [0.4, 0.5) is 5.69 Å². The SMILES string of the molecule is CCCSc1cc2c(cc1Br)C(NC)C(=O)N2. The molecule has 0 bridgehead atoms. The molecule has 0 radical (unpaired) electrons. The third-order valence-electron chi connectivity index (χ3n) is 2.69. The number of likely N-dealkylation sites (N-methyl/N-ethyl adjacent to an activating group) is 1. The van der Waals surface area contributed by atoms with Crippen molar-refractivity contribution in [2.75, 3.05) is 18.1 Å². The molecule has 0 spiro atoms. The molecule has 0 aromatic heterocycles. The van der Waals surface area contributed by atoms with Crippen LogP contribution in [0.2, 0.25) is 0 Å². The smallest absolute Gasteiger partial charge is 0.246 e. The number of fused-ring (bicyclic) bond motifs is 1. The number of anilines is 1. The lowest BCUT2D eigenvalue weighted by Crippen LogP contribution is -2.23. The van der Waals surface area contributed by atoms with Gasteiger partial charge in [0.25, 0.3) is 0 Å². The molecule has 0 saturated carbocycles. The van der Waals surface area contributed by atoms with Crippen LogP contribution >= 0.6 is 27.7 Å². The Morgan fingerprint density at radius 2 is 2.29 bits per heavy atom. The lowest BCUT2D eigenvalue weighted by Gasteiger charge is -2.09. The van der Waals surface area contributed by atoms with Crippen LogP contribution in [0.1, 0.15) is 24.9 Å². The summed E-state index contributed by atoms with van der Waals surface area (Å²) >= 11 is 5.37. The first-order valence-electron chi connectivity index (χ1n) is 5.61. The number of thioether (sulfide) groups is 1. The van der Waals surface area contributed by atoms with Gasteiger partial charge in [0.15, 0.2) is 0 Å². The summed E-state index contributed by atoms with van der Waals surface area (Å²) in [4.78, 5) is 12.9. The number of halogens is 1. The van der Waals surface area contributed by atoms with Gasteiger partial charge in [0, 0.05) is 20.6 Å². The number of carbonyl (C=O) groups excluding carboxylic acids is 1. The fourth-order valence-electron chi connectivity index (χ4n) is 1.87. The second kappa shape index (κ2) is 5.42. The number of amides is 1. The average molecular weight is 315 g/mol. The van der Waals surface area contributed by atoms with Crippen LogP contribution in [0.25, 0.3) is 0 Å². The van der Waals surface area contributed by atoms with Crippen LogP contribution in [0.3, 0.4) is 0 Å². The molecule has 1 aliphatic heterocycles. The van der Waals surface area contributed by atoms with Crippen LogP contribution in [0, 0.1) is 0 Å². The van der Waals surface area contributed by atoms with Crippen LogP contribution in [-0.4, -0.2) is 18.7 Å². The van der Waals surface area contributed by atoms with Gasteiger partial charge in [-0.3, -0.25) is 4.79 Å². The first-order valence-corrected chi connectivity index (χ1v) is 7.39. The Kier molecular flexibility index (Phi) is 4.12. The van der Waals surface area contributed by atoms with Crippen LogP contribution < -0.4 is 10.6 Å². The van der Waals surface area contributed by atoms with E-state index in [1.165, 1.54) is 4.90 Å². The van der Waals surface area contributed by atoms with Crippen molar-refractivity contribution in [3.8, 4) is 0 Å². The molecule has 0 fully saturated rings. The maximum Gasteiger partial charge on any atom is 0.246 e. The topological polar surface area (TPSA) is 41.1 Å². The fourth-order valence-corrected chi connectivity index (χ4v) is 3.40. The summed E-state index contributed by atoms with van der Waals surface area (Å²) in [6.45, 7) is 2.16. The largest absolute Gasteiger partial charge is 0.324 e. The van der Waals surface area contributed by atoms with E-state index in [2.05, 4.69) is 39.6 Å². The Hall–Kier alpha value is -0.520. The molecule has 1 aromatic carbocycles. The Bertz CT molecular complexity index is 450. The predicted molar refractivity (Wildman–Crippen MR) is 75.6 cm³/mol. The number of nitrogens with one attached hydrogen (secondary N) is 2. The number of benzene rings is 1. The lowest BCUT2D eigenvalue weighted by atomic mass is 10.1. The highest BCUT2D eigenvalue weighted by molar-refractivity contribution is 9.10. The third kappa shape index (κ3) is 2.51. The van der Waals surface area contributed by atoms with Gasteiger partial charge in [0.1, 0.15) is 6.04 Å². The second-order valence-corrected chi connectivity index (χ2v) is 5.92. The molecule has 0 aliphatic carbocycles. The van der Waals surface area contributed by atoms with Crippen molar-refractivity contribution in [1.82, 2.24) is 5.32 Å². The van der Waals surface area contributed by atoms with Gasteiger partial charge < -0.3 is 10.6 Å². The maximum atomic E-state index is 11.7. The van der Waals surface area contributed by atoms with E-state index in [4.69, 9.17) is 0 Å². The highest BCUT2D eigenvalue weighted by Crippen LogP contribution is 2.38. The zero-order valence-electron chi connectivity index (χ0n) is 9.84. The van der Waals surface area contributed by atoms with Crippen LogP contribution in [0.15, 0.2) is 21.5 Å². The average Bonchev–Trinajstić information content (AvgIpc) is 2.61. The quantitative estimate of drug-likeness (QED) is 0.839. The molecule has 0 saturated heterocycles. The van der Waals surface area contributed by atoms with Crippen molar-refractivity contribution < 1.29 is 4.79 Å². The minimum atomic E-state index is -0.230. The van der Waals surface area contributed by atoms with Crippen molar-refractivity contribution in [3.05, 3.63) is 22.2 Å². The van der Waals surface area contributed by atoms with E-state index in [9.17, 15) is 4.79 Å². The normalized spacial score (nSPS) is 18.1. The van der Waals surface area contributed by atoms with Crippen molar-refractivity contribution in [1.29, 1.82) is 0 Å². The summed E-state index contributed by atoms with van der Waals surface area (Å²) in [5, 5.41) is 5.93. The van der Waals surface area contributed by atoms with E-state index >= 15 is 0 Å². The Labute approximate surface area is 114 Å². The molecule has 1 aliphatic rings. The van der Waals surface area contributed by atoms with Gasteiger partial charge in [-0.25, -0.2) is 0 Å². The molecule has 1 heterocycles. The van der Waals surface area contributed by atoms with E-state index in [1.807, 2.05) is 6.07 Å². The molecule has 92 valence electrons. The van der Waals surface area contributed by atoms with Gasteiger partial charge >= 0.3 is 0 Å². The maximum absolute atomic E-state index is 11.7. The molecular formula is C12H15BrN2OS. The lowest BCUT2D eigenvalue weighted by molar-refractivity contribution is -0.117. The van der Waals surface area contributed by atoms with E-state index in [-0.39, 0.29) is 11.9 Å². The third-order valence-corrected chi connectivity index (χ3v) is 4.87. The van der Waals surface area contributed by atoms with Crippen molar-refractivity contribution in [2.45, 2.75) is 24.3 Å². The van der Waals surface area contributed by atoms with Gasteiger partial charge in [-0.1, -0.05) is 6.92 Å². The van der Waals surface area contributed by atoms with Gasteiger partial charge in [0.05, 0.1) is 0 Å². The Balaban J connectivity index is 2.33. The summed E-state index contributed by atoms with van der Waals surface area (Å²) in [6.07, 6.45) is 1.14. The number of hydrogen-bond acceptors (Lipinski definition) is 3. The molecule has 1 unspecified atom stereocenters. The summed E-state index contributed by atoms with van der Waals surface area (Å²) in [7, 11) is 1.80. The summed E-state index contributed by atoms with van der Waals surface area (Å²) in [5.41, 5.74) is 1.95. The van der Waals surface area contributed by atoms with Crippen molar-refractivity contribution in [3.63, 3.8) is 0 Å². The Morgan fingerprint density at radius 1 is 1.53 bits per heavy atom.